The summed E-state index contributed by atoms with van der Waals surface area (Å²) in [5.74, 6) is 0. The van der Waals surface area contributed by atoms with Crippen molar-refractivity contribution in [3.8, 4) is 22.3 Å². The molecule has 0 spiro atoms. The topological polar surface area (TPSA) is 6.48 Å². The van der Waals surface area contributed by atoms with Crippen LogP contribution in [0.15, 0.2) is 243 Å². The van der Waals surface area contributed by atoms with E-state index in [1.807, 2.05) is 0 Å². The average molecular weight is 977 g/mol. The molecule has 2 nitrogen and oxygen atoms in total. The van der Waals surface area contributed by atoms with Gasteiger partial charge in [0.15, 0.2) is 0 Å². The number of fused-ring (bicyclic) bond motifs is 12. The molecule has 350 valence electrons. The van der Waals surface area contributed by atoms with Crippen LogP contribution in [-0.2, 0) is 0 Å². The second-order valence-corrected chi connectivity index (χ2v) is 30.2. The molecule has 0 aliphatic carbocycles. The number of hydrogen-bond acceptors (Lipinski definition) is 2. The number of rotatable bonds is 4. The highest BCUT2D eigenvalue weighted by Gasteiger charge is 2.40. The van der Waals surface area contributed by atoms with Gasteiger partial charge in [-0.05, 0) is 168 Å². The van der Waals surface area contributed by atoms with Crippen LogP contribution in [0.1, 0.15) is 0 Å². The predicted molar refractivity (Wildman–Crippen MR) is 325 cm³/mol. The molecule has 0 bridgehead atoms. The van der Waals surface area contributed by atoms with Gasteiger partial charge in [0.05, 0.1) is 0 Å². The van der Waals surface area contributed by atoms with Gasteiger partial charge < -0.3 is 9.80 Å². The predicted octanol–water partition coefficient (Wildman–Crippen LogP) is 17.2. The summed E-state index contributed by atoms with van der Waals surface area (Å²) < 4.78 is 0. The van der Waals surface area contributed by atoms with E-state index < -0.39 is 16.1 Å². The molecule has 0 saturated carbocycles. The molecule has 2 heterocycles. The molecule has 0 radical (unpaired) electrons. The highest BCUT2D eigenvalue weighted by atomic mass is 28.3. The Morgan fingerprint density at radius 3 is 0.905 bits per heavy atom. The molecule has 0 atom stereocenters. The van der Waals surface area contributed by atoms with Crippen LogP contribution in [-0.4, -0.2) is 16.1 Å². The lowest BCUT2D eigenvalue weighted by Crippen LogP contribution is -2.58. The molecule has 0 N–H and O–H groups in total. The smallest absolute Gasteiger partial charge is 0.117 e. The van der Waals surface area contributed by atoms with Crippen LogP contribution in [0.5, 0.6) is 0 Å². The van der Waals surface area contributed by atoms with Crippen molar-refractivity contribution < 1.29 is 0 Å². The van der Waals surface area contributed by atoms with Crippen LogP contribution in [0.2, 0.25) is 26.2 Å². The fraction of sp³-hybridized carbons (Fsp3) is 0.0571. The van der Waals surface area contributed by atoms with Gasteiger partial charge in [0.25, 0.3) is 0 Å². The normalized spacial score (nSPS) is 14.4. The first-order valence-corrected chi connectivity index (χ1v) is 32.1. The zero-order valence-corrected chi connectivity index (χ0v) is 44.0. The Balaban J connectivity index is 1.13. The molecule has 15 rings (SSSR count). The SMILES string of the molecule is C[Si]1(C)c2ccccc2N(c2ccc3c(-c4cc5ccccc5c5ccccc45)c4cc(N5c6ccccc6[Si](C)(C)c6ccccc65)ccc4c(-c4cc5ccccc5c5ccccc45)c3c2)c2ccccc21. The molecule has 13 aromatic rings. The minimum atomic E-state index is -2.03. The minimum absolute atomic E-state index is 1.16. The highest BCUT2D eigenvalue weighted by molar-refractivity contribution is 7.03. The molecule has 0 saturated heterocycles. The number of anilines is 6. The van der Waals surface area contributed by atoms with E-state index in [1.54, 1.807) is 0 Å². The molecule has 0 fully saturated rings. The van der Waals surface area contributed by atoms with Gasteiger partial charge >= 0.3 is 0 Å². The molecule has 0 amide bonds. The lowest BCUT2D eigenvalue weighted by Gasteiger charge is -2.41. The maximum absolute atomic E-state index is 2.55. The van der Waals surface area contributed by atoms with Crippen LogP contribution in [0.3, 0.4) is 0 Å². The fourth-order valence-corrected chi connectivity index (χ4v) is 19.5. The summed E-state index contributed by atoms with van der Waals surface area (Å²) in [4.78, 5) is 5.11. The maximum atomic E-state index is 2.55. The van der Waals surface area contributed by atoms with Gasteiger partial charge in [-0.3, -0.25) is 0 Å². The van der Waals surface area contributed by atoms with Crippen LogP contribution < -0.4 is 30.5 Å². The molecule has 4 heteroatoms. The Kier molecular flexibility index (Phi) is 9.30. The zero-order chi connectivity index (χ0) is 49.5. The van der Waals surface area contributed by atoms with E-state index >= 15 is 0 Å². The van der Waals surface area contributed by atoms with E-state index in [2.05, 4.69) is 279 Å². The van der Waals surface area contributed by atoms with Crippen molar-refractivity contribution in [3.63, 3.8) is 0 Å². The average Bonchev–Trinajstić information content (AvgIpc) is 3.45. The van der Waals surface area contributed by atoms with Gasteiger partial charge in [0.2, 0.25) is 0 Å². The molecule has 2 aliphatic rings. The zero-order valence-electron chi connectivity index (χ0n) is 42.0. The number of para-hydroxylation sites is 4. The van der Waals surface area contributed by atoms with Crippen LogP contribution in [0.25, 0.3) is 86.9 Å². The summed E-state index contributed by atoms with van der Waals surface area (Å²) >= 11 is 0. The van der Waals surface area contributed by atoms with Crippen LogP contribution in [0.4, 0.5) is 34.1 Å². The van der Waals surface area contributed by atoms with Gasteiger partial charge in [0.1, 0.15) is 16.1 Å². The molecule has 74 heavy (non-hydrogen) atoms. The number of hydrogen-bond donors (Lipinski definition) is 0. The van der Waals surface area contributed by atoms with E-state index in [0.717, 1.165) is 11.4 Å². The summed E-state index contributed by atoms with van der Waals surface area (Å²) in [5, 5.41) is 20.8. The second kappa shape index (κ2) is 16.0. The van der Waals surface area contributed by atoms with Crippen molar-refractivity contribution in [1.82, 2.24) is 0 Å². The first-order chi connectivity index (χ1) is 36.3. The van der Waals surface area contributed by atoms with Crippen LogP contribution >= 0.6 is 0 Å². The quantitative estimate of drug-likeness (QED) is 0.0985. The summed E-state index contributed by atoms with van der Waals surface area (Å²) in [5.41, 5.74) is 12.4. The summed E-state index contributed by atoms with van der Waals surface area (Å²) in [6, 6.07) is 92.4. The third kappa shape index (κ3) is 6.10. The Morgan fingerprint density at radius 2 is 0.541 bits per heavy atom. The Morgan fingerprint density at radius 1 is 0.243 bits per heavy atom. The van der Waals surface area contributed by atoms with Gasteiger partial charge in [-0.2, -0.15) is 0 Å². The second-order valence-electron chi connectivity index (χ2n) is 21.6. The standard InChI is InChI=1S/C70H52N2Si2/c1-73(2)65-33-17-13-29-61(65)71(62-30-14-18-34-66(62)73)47-37-39-55-59(43-47)69(57-41-45-21-5-7-23-49(45)51-25-9-11-27-53(51)57)56-40-38-48(72-63-31-15-19-35-67(63)74(3,4)68-36-20-16-32-64(68)72)44-60(56)70(55)58-42-46-22-6-8-24-50(46)52-26-10-12-28-54(52)58/h5-44H,1-4H3. The van der Waals surface area contributed by atoms with Gasteiger partial charge in [-0.1, -0.05) is 208 Å². The Bertz CT molecular complexity index is 4140. The highest BCUT2D eigenvalue weighted by Crippen LogP contribution is 2.52. The van der Waals surface area contributed by atoms with Crippen molar-refractivity contribution in [2.45, 2.75) is 26.2 Å². The largest absolute Gasteiger partial charge is 0.311 e. The van der Waals surface area contributed by atoms with Gasteiger partial charge in [0, 0.05) is 34.1 Å². The number of benzene rings is 13. The Hall–Kier alpha value is -8.55. The first kappa shape index (κ1) is 43.1. The molecular formula is C70H52N2Si2. The van der Waals surface area contributed by atoms with E-state index in [0.29, 0.717) is 0 Å². The minimum Gasteiger partial charge on any atom is -0.311 e. The van der Waals surface area contributed by atoms with Crippen molar-refractivity contribution in [1.29, 1.82) is 0 Å². The lowest BCUT2D eigenvalue weighted by molar-refractivity contribution is 1.29. The van der Waals surface area contributed by atoms with Gasteiger partial charge in [-0.25, -0.2) is 0 Å². The van der Waals surface area contributed by atoms with E-state index in [1.165, 1.54) is 130 Å². The summed E-state index contributed by atoms with van der Waals surface area (Å²) in [6.45, 7) is 10.0. The van der Waals surface area contributed by atoms with E-state index in [-0.39, 0.29) is 0 Å². The van der Waals surface area contributed by atoms with Crippen molar-refractivity contribution in [2.75, 3.05) is 9.80 Å². The Labute approximate surface area is 434 Å². The summed E-state index contributed by atoms with van der Waals surface area (Å²) in [7, 11) is -4.07. The molecule has 2 aliphatic heterocycles. The van der Waals surface area contributed by atoms with Crippen molar-refractivity contribution in [3.05, 3.63) is 243 Å². The molecule has 13 aromatic carbocycles. The third-order valence-electron chi connectivity index (χ3n) is 16.9. The third-order valence-corrected chi connectivity index (χ3v) is 24.0. The van der Waals surface area contributed by atoms with E-state index in [9.17, 15) is 0 Å². The monoisotopic (exact) mass is 976 g/mol. The molecule has 0 unspecified atom stereocenters. The lowest BCUT2D eigenvalue weighted by atomic mass is 9.82. The van der Waals surface area contributed by atoms with Crippen molar-refractivity contribution in [2.24, 2.45) is 0 Å². The molecule has 0 aromatic heterocycles. The first-order valence-electron chi connectivity index (χ1n) is 26.1. The number of nitrogens with zero attached hydrogens (tertiary/aromatic N) is 2. The van der Waals surface area contributed by atoms with Crippen molar-refractivity contribution >= 4 is 136 Å². The maximum Gasteiger partial charge on any atom is 0.117 e. The van der Waals surface area contributed by atoms with E-state index in [4.69, 9.17) is 0 Å². The molecular weight excluding hydrogens is 925 g/mol. The fourth-order valence-electron chi connectivity index (χ4n) is 13.5. The van der Waals surface area contributed by atoms with Gasteiger partial charge in [-0.15, -0.1) is 0 Å². The van der Waals surface area contributed by atoms with Crippen LogP contribution in [0, 0.1) is 0 Å². The summed E-state index contributed by atoms with van der Waals surface area (Å²) in [6.07, 6.45) is 0.